The number of amides is 1. The lowest BCUT2D eigenvalue weighted by Crippen LogP contribution is -2.38. The van der Waals surface area contributed by atoms with Gasteiger partial charge in [-0.2, -0.15) is 0 Å². The number of carbonyl (C=O) groups excluding carboxylic acids is 2. The molecule has 0 radical (unpaired) electrons. The third-order valence-corrected chi connectivity index (χ3v) is 4.98. The average Bonchev–Trinajstić information content (AvgIpc) is 2.72. The molecule has 4 rings (SSSR count). The lowest BCUT2D eigenvalue weighted by atomic mass is 10.0. The van der Waals surface area contributed by atoms with Gasteiger partial charge in [0.25, 0.3) is 5.91 Å². The molecule has 0 atom stereocenters. The molecule has 0 saturated carbocycles. The summed E-state index contributed by atoms with van der Waals surface area (Å²) < 4.78 is 5.29. The number of rotatable bonds is 4. The van der Waals surface area contributed by atoms with Crippen molar-refractivity contribution in [3.05, 3.63) is 77.9 Å². The summed E-state index contributed by atoms with van der Waals surface area (Å²) in [5, 5.41) is 2.12. The first kappa shape index (κ1) is 17.3. The van der Waals surface area contributed by atoms with E-state index in [1.165, 1.54) is 5.56 Å². The zero-order valence-corrected chi connectivity index (χ0v) is 15.1. The van der Waals surface area contributed by atoms with Gasteiger partial charge in [-0.3, -0.25) is 9.59 Å². The van der Waals surface area contributed by atoms with E-state index in [1.807, 2.05) is 66.7 Å². The summed E-state index contributed by atoms with van der Waals surface area (Å²) in [6.45, 7) is 0.439. The van der Waals surface area contributed by atoms with E-state index < -0.39 is 0 Å². The van der Waals surface area contributed by atoms with Gasteiger partial charge in [0.05, 0.1) is 6.42 Å². The molecule has 1 heterocycles. The fraction of sp³-hybridized carbons (Fsp3) is 0.217. The molecule has 0 saturated heterocycles. The predicted octanol–water partition coefficient (Wildman–Crippen LogP) is 3.90. The van der Waals surface area contributed by atoms with Crippen LogP contribution in [0.4, 0.5) is 5.69 Å². The molecule has 1 aliphatic rings. The first-order valence-electron chi connectivity index (χ1n) is 9.23. The number of ether oxygens (including phenoxy) is 1. The standard InChI is InChI=1S/C23H21NO3/c25-22(24-14-6-11-18-8-2-4-13-21(18)24)16-27-23(26)15-19-10-5-9-17-7-1-3-12-20(17)19/h1-5,7-10,12-13H,6,11,14-16H2. The minimum atomic E-state index is -0.384. The van der Waals surface area contributed by atoms with Crippen LogP contribution in [0.2, 0.25) is 0 Å². The van der Waals surface area contributed by atoms with E-state index in [1.54, 1.807) is 4.90 Å². The van der Waals surface area contributed by atoms with E-state index in [0.29, 0.717) is 6.54 Å². The van der Waals surface area contributed by atoms with Gasteiger partial charge in [0.15, 0.2) is 6.61 Å². The van der Waals surface area contributed by atoms with Crippen molar-refractivity contribution < 1.29 is 14.3 Å². The van der Waals surface area contributed by atoms with Crippen LogP contribution in [0.1, 0.15) is 17.5 Å². The Morgan fingerprint density at radius 2 is 1.70 bits per heavy atom. The van der Waals surface area contributed by atoms with Crippen LogP contribution in [0.25, 0.3) is 10.8 Å². The van der Waals surface area contributed by atoms with E-state index in [0.717, 1.165) is 34.9 Å². The molecule has 0 N–H and O–H groups in total. The molecule has 0 aliphatic carbocycles. The molecular formula is C23H21NO3. The van der Waals surface area contributed by atoms with E-state index in [9.17, 15) is 9.59 Å². The number of benzene rings is 3. The lowest BCUT2D eigenvalue weighted by molar-refractivity contribution is -0.147. The Bertz CT molecular complexity index is 990. The number of nitrogens with zero attached hydrogens (tertiary/aromatic N) is 1. The van der Waals surface area contributed by atoms with E-state index >= 15 is 0 Å². The summed E-state index contributed by atoms with van der Waals surface area (Å²) in [7, 11) is 0. The zero-order valence-electron chi connectivity index (χ0n) is 15.1. The molecule has 27 heavy (non-hydrogen) atoms. The number of fused-ring (bicyclic) bond motifs is 2. The second kappa shape index (κ2) is 7.62. The molecule has 3 aromatic rings. The van der Waals surface area contributed by atoms with Crippen LogP contribution in [0, 0.1) is 0 Å². The van der Waals surface area contributed by atoms with Crippen molar-refractivity contribution in [2.75, 3.05) is 18.1 Å². The summed E-state index contributed by atoms with van der Waals surface area (Å²) >= 11 is 0. The zero-order chi connectivity index (χ0) is 18.6. The topological polar surface area (TPSA) is 46.6 Å². The molecule has 0 spiro atoms. The Labute approximate surface area is 158 Å². The van der Waals surface area contributed by atoms with Crippen LogP contribution in [-0.2, 0) is 27.2 Å². The molecule has 3 aromatic carbocycles. The van der Waals surface area contributed by atoms with Crippen LogP contribution in [0.5, 0.6) is 0 Å². The molecule has 1 aliphatic heterocycles. The Kier molecular flexibility index (Phi) is 4.88. The van der Waals surface area contributed by atoms with Gasteiger partial charge in [-0.1, -0.05) is 60.7 Å². The number of esters is 1. The predicted molar refractivity (Wildman–Crippen MR) is 106 cm³/mol. The van der Waals surface area contributed by atoms with Crippen LogP contribution in [-0.4, -0.2) is 25.0 Å². The van der Waals surface area contributed by atoms with Gasteiger partial charge in [-0.15, -0.1) is 0 Å². The summed E-state index contributed by atoms with van der Waals surface area (Å²) in [6, 6.07) is 21.7. The molecule has 0 unspecified atom stereocenters. The van der Waals surface area contributed by atoms with Gasteiger partial charge in [-0.25, -0.2) is 0 Å². The van der Waals surface area contributed by atoms with Crippen molar-refractivity contribution in [2.24, 2.45) is 0 Å². The van der Waals surface area contributed by atoms with Crippen molar-refractivity contribution in [3.63, 3.8) is 0 Å². The third kappa shape index (κ3) is 3.70. The van der Waals surface area contributed by atoms with Crippen LogP contribution < -0.4 is 4.90 Å². The normalized spacial score (nSPS) is 13.3. The summed E-state index contributed by atoms with van der Waals surface area (Å²) in [6.07, 6.45) is 2.05. The highest BCUT2D eigenvalue weighted by molar-refractivity contribution is 5.96. The van der Waals surface area contributed by atoms with Gasteiger partial charge in [0.1, 0.15) is 0 Å². The van der Waals surface area contributed by atoms with Crippen LogP contribution in [0.3, 0.4) is 0 Å². The first-order valence-corrected chi connectivity index (χ1v) is 9.23. The van der Waals surface area contributed by atoms with Gasteiger partial charge in [0.2, 0.25) is 0 Å². The smallest absolute Gasteiger partial charge is 0.310 e. The first-order chi connectivity index (χ1) is 13.2. The molecule has 0 fully saturated rings. The Morgan fingerprint density at radius 1 is 0.926 bits per heavy atom. The van der Waals surface area contributed by atoms with Crippen molar-refractivity contribution >= 4 is 28.3 Å². The van der Waals surface area contributed by atoms with Crippen molar-refractivity contribution in [2.45, 2.75) is 19.3 Å². The number of hydrogen-bond acceptors (Lipinski definition) is 3. The number of aryl methyl sites for hydroxylation is 1. The minimum Gasteiger partial charge on any atom is -0.455 e. The van der Waals surface area contributed by atoms with E-state index in [2.05, 4.69) is 0 Å². The Hall–Kier alpha value is -3.14. The van der Waals surface area contributed by atoms with Gasteiger partial charge in [-0.05, 0) is 40.8 Å². The molecule has 4 heteroatoms. The maximum Gasteiger partial charge on any atom is 0.310 e. The second-order valence-electron chi connectivity index (χ2n) is 6.75. The van der Waals surface area contributed by atoms with Crippen molar-refractivity contribution in [1.29, 1.82) is 0 Å². The number of hydrogen-bond donors (Lipinski definition) is 0. The SMILES string of the molecule is O=C(Cc1cccc2ccccc12)OCC(=O)N1CCCc2ccccc21. The highest BCUT2D eigenvalue weighted by Gasteiger charge is 2.23. The van der Waals surface area contributed by atoms with E-state index in [4.69, 9.17) is 4.74 Å². The number of para-hydroxylation sites is 1. The highest BCUT2D eigenvalue weighted by Crippen LogP contribution is 2.26. The van der Waals surface area contributed by atoms with Crippen LogP contribution >= 0.6 is 0 Å². The quantitative estimate of drug-likeness (QED) is 0.664. The molecular weight excluding hydrogens is 338 g/mol. The Balaban J connectivity index is 1.40. The summed E-state index contributed by atoms with van der Waals surface area (Å²) in [4.78, 5) is 26.6. The summed E-state index contributed by atoms with van der Waals surface area (Å²) in [5.74, 6) is -0.557. The van der Waals surface area contributed by atoms with Crippen molar-refractivity contribution in [1.82, 2.24) is 0 Å². The van der Waals surface area contributed by atoms with Crippen LogP contribution in [0.15, 0.2) is 66.7 Å². The third-order valence-electron chi connectivity index (χ3n) is 4.98. The fourth-order valence-corrected chi connectivity index (χ4v) is 3.67. The van der Waals surface area contributed by atoms with Crippen molar-refractivity contribution in [3.8, 4) is 0 Å². The van der Waals surface area contributed by atoms with Gasteiger partial charge >= 0.3 is 5.97 Å². The largest absolute Gasteiger partial charge is 0.455 e. The molecule has 136 valence electrons. The second-order valence-corrected chi connectivity index (χ2v) is 6.75. The lowest BCUT2D eigenvalue weighted by Gasteiger charge is -2.29. The number of carbonyl (C=O) groups is 2. The highest BCUT2D eigenvalue weighted by atomic mass is 16.5. The Morgan fingerprint density at radius 3 is 2.63 bits per heavy atom. The van der Waals surface area contributed by atoms with Gasteiger partial charge in [0, 0.05) is 12.2 Å². The maximum absolute atomic E-state index is 12.6. The average molecular weight is 359 g/mol. The fourth-order valence-electron chi connectivity index (χ4n) is 3.67. The number of anilines is 1. The molecule has 0 bridgehead atoms. The monoisotopic (exact) mass is 359 g/mol. The molecule has 1 amide bonds. The molecule has 0 aromatic heterocycles. The summed E-state index contributed by atoms with van der Waals surface area (Å²) in [5.41, 5.74) is 3.01. The molecule has 4 nitrogen and oxygen atoms in total. The van der Waals surface area contributed by atoms with Gasteiger partial charge < -0.3 is 9.64 Å². The van der Waals surface area contributed by atoms with E-state index in [-0.39, 0.29) is 24.9 Å². The maximum atomic E-state index is 12.6. The minimum absolute atomic E-state index is 0.158.